The van der Waals surface area contributed by atoms with Gasteiger partial charge in [-0.05, 0) is 25.8 Å². The average Bonchev–Trinajstić information content (AvgIpc) is 3.05. The first-order chi connectivity index (χ1) is 9.20. The van der Waals surface area contributed by atoms with Gasteiger partial charge in [0.05, 0.1) is 6.61 Å². The van der Waals surface area contributed by atoms with Crippen molar-refractivity contribution < 1.29 is 14.3 Å². The molecule has 0 bridgehead atoms. The molecule has 2 atom stereocenters. The van der Waals surface area contributed by atoms with Gasteiger partial charge in [0.15, 0.2) is 0 Å². The molecule has 2 amide bonds. The number of amides is 2. The Labute approximate surface area is 113 Å². The van der Waals surface area contributed by atoms with Crippen LogP contribution >= 0.6 is 0 Å². The number of nitrogens with one attached hydrogen (secondary N) is 2. The number of carbonyl (C=O) groups is 2. The maximum atomic E-state index is 12.4. The summed E-state index contributed by atoms with van der Waals surface area (Å²) >= 11 is 0. The molecule has 0 aromatic carbocycles. The van der Waals surface area contributed by atoms with Crippen molar-refractivity contribution in [3.63, 3.8) is 0 Å². The van der Waals surface area contributed by atoms with Crippen molar-refractivity contribution in [1.29, 1.82) is 0 Å². The standard InChI is InChI=1S/C13H23N3O3/c1-19-8-7-16(9-10-3-2-6-14-10)13(18)11-4-5-12(17)15-11/h10-11,14H,2-9H2,1H3,(H,15,17). The lowest BCUT2D eigenvalue weighted by molar-refractivity contribution is -0.135. The van der Waals surface area contributed by atoms with Gasteiger partial charge in [-0.25, -0.2) is 0 Å². The zero-order valence-electron chi connectivity index (χ0n) is 11.5. The molecule has 0 aromatic heterocycles. The van der Waals surface area contributed by atoms with Gasteiger partial charge < -0.3 is 20.3 Å². The summed E-state index contributed by atoms with van der Waals surface area (Å²) < 4.78 is 5.07. The van der Waals surface area contributed by atoms with Gasteiger partial charge in [-0.1, -0.05) is 0 Å². The molecule has 2 aliphatic heterocycles. The monoisotopic (exact) mass is 269 g/mol. The van der Waals surface area contributed by atoms with Crippen LogP contribution < -0.4 is 10.6 Å². The van der Waals surface area contributed by atoms with E-state index in [-0.39, 0.29) is 17.9 Å². The topological polar surface area (TPSA) is 70.7 Å². The fraction of sp³-hybridized carbons (Fsp3) is 0.846. The molecular weight excluding hydrogens is 246 g/mol. The van der Waals surface area contributed by atoms with E-state index in [9.17, 15) is 9.59 Å². The van der Waals surface area contributed by atoms with Crippen molar-refractivity contribution in [2.24, 2.45) is 0 Å². The van der Waals surface area contributed by atoms with E-state index >= 15 is 0 Å². The Bertz CT molecular complexity index is 329. The zero-order valence-corrected chi connectivity index (χ0v) is 11.5. The lowest BCUT2D eigenvalue weighted by atomic mass is 10.1. The first-order valence-corrected chi connectivity index (χ1v) is 7.01. The zero-order chi connectivity index (χ0) is 13.7. The SMILES string of the molecule is COCCN(CC1CCCN1)C(=O)C1CCC(=O)N1. The number of ether oxygens (including phenoxy) is 1. The largest absolute Gasteiger partial charge is 0.383 e. The van der Waals surface area contributed by atoms with Crippen LogP contribution in [-0.4, -0.2) is 62.1 Å². The molecule has 108 valence electrons. The highest BCUT2D eigenvalue weighted by Gasteiger charge is 2.31. The van der Waals surface area contributed by atoms with E-state index in [0.29, 0.717) is 38.6 Å². The van der Waals surface area contributed by atoms with Crippen molar-refractivity contribution in [3.05, 3.63) is 0 Å². The van der Waals surface area contributed by atoms with Crippen LogP contribution in [0.2, 0.25) is 0 Å². The summed E-state index contributed by atoms with van der Waals surface area (Å²) in [6.45, 7) is 2.84. The third kappa shape index (κ3) is 3.91. The molecule has 0 radical (unpaired) electrons. The summed E-state index contributed by atoms with van der Waals surface area (Å²) in [5.41, 5.74) is 0. The van der Waals surface area contributed by atoms with Gasteiger partial charge in [-0.3, -0.25) is 9.59 Å². The van der Waals surface area contributed by atoms with E-state index < -0.39 is 0 Å². The summed E-state index contributed by atoms with van der Waals surface area (Å²) in [6.07, 6.45) is 3.33. The maximum Gasteiger partial charge on any atom is 0.245 e. The summed E-state index contributed by atoms with van der Waals surface area (Å²) in [4.78, 5) is 25.5. The van der Waals surface area contributed by atoms with Crippen molar-refractivity contribution in [3.8, 4) is 0 Å². The minimum absolute atomic E-state index is 0.0240. The second kappa shape index (κ2) is 6.86. The summed E-state index contributed by atoms with van der Waals surface area (Å²) in [6, 6.07) is 0.0312. The second-order valence-corrected chi connectivity index (χ2v) is 5.23. The minimum Gasteiger partial charge on any atom is -0.383 e. The first kappa shape index (κ1) is 14.3. The van der Waals surface area contributed by atoms with Crippen LogP contribution in [0.4, 0.5) is 0 Å². The van der Waals surface area contributed by atoms with Gasteiger partial charge in [0.2, 0.25) is 11.8 Å². The van der Waals surface area contributed by atoms with Crippen molar-refractivity contribution >= 4 is 11.8 Å². The third-order valence-electron chi connectivity index (χ3n) is 3.77. The molecule has 2 aliphatic rings. The summed E-state index contributed by atoms with van der Waals surface area (Å²) in [5, 5.41) is 6.14. The molecule has 2 N–H and O–H groups in total. The Morgan fingerprint density at radius 1 is 1.47 bits per heavy atom. The Morgan fingerprint density at radius 3 is 2.89 bits per heavy atom. The predicted molar refractivity (Wildman–Crippen MR) is 70.6 cm³/mol. The van der Waals surface area contributed by atoms with Crippen molar-refractivity contribution in [2.75, 3.05) is 33.4 Å². The fourth-order valence-electron chi connectivity index (χ4n) is 2.69. The number of methoxy groups -OCH3 is 1. The van der Waals surface area contributed by atoms with Gasteiger partial charge in [-0.15, -0.1) is 0 Å². The van der Waals surface area contributed by atoms with Crippen LogP contribution in [0, 0.1) is 0 Å². The van der Waals surface area contributed by atoms with Crippen molar-refractivity contribution in [2.45, 2.75) is 37.8 Å². The van der Waals surface area contributed by atoms with Crippen molar-refractivity contribution in [1.82, 2.24) is 15.5 Å². The van der Waals surface area contributed by atoms with E-state index in [1.807, 2.05) is 4.90 Å². The van der Waals surface area contributed by atoms with Gasteiger partial charge >= 0.3 is 0 Å². The first-order valence-electron chi connectivity index (χ1n) is 7.01. The molecule has 2 heterocycles. The summed E-state index contributed by atoms with van der Waals surface area (Å²) in [7, 11) is 1.63. The second-order valence-electron chi connectivity index (χ2n) is 5.23. The van der Waals surface area contributed by atoms with Gasteiger partial charge in [0, 0.05) is 32.7 Å². The number of hydrogen-bond acceptors (Lipinski definition) is 4. The van der Waals surface area contributed by atoms with Crippen LogP contribution in [-0.2, 0) is 14.3 Å². The van der Waals surface area contributed by atoms with Crippen LogP contribution in [0.3, 0.4) is 0 Å². The molecular formula is C13H23N3O3. The normalized spacial score (nSPS) is 26.5. The number of nitrogens with zero attached hydrogens (tertiary/aromatic N) is 1. The highest BCUT2D eigenvalue weighted by molar-refractivity contribution is 5.90. The lowest BCUT2D eigenvalue weighted by Gasteiger charge is -2.28. The van der Waals surface area contributed by atoms with Crippen LogP contribution in [0.25, 0.3) is 0 Å². The van der Waals surface area contributed by atoms with Gasteiger partial charge in [0.1, 0.15) is 6.04 Å². The van der Waals surface area contributed by atoms with E-state index in [4.69, 9.17) is 4.74 Å². The molecule has 0 aliphatic carbocycles. The summed E-state index contributed by atoms with van der Waals surface area (Å²) in [5.74, 6) is 0.000586. The van der Waals surface area contributed by atoms with Gasteiger partial charge in [0.25, 0.3) is 0 Å². The molecule has 0 aromatic rings. The fourth-order valence-corrected chi connectivity index (χ4v) is 2.69. The number of rotatable bonds is 6. The molecule has 2 fully saturated rings. The Hall–Kier alpha value is -1.14. The van der Waals surface area contributed by atoms with E-state index in [1.165, 1.54) is 0 Å². The lowest BCUT2D eigenvalue weighted by Crippen LogP contribution is -2.49. The van der Waals surface area contributed by atoms with Crippen LogP contribution in [0.5, 0.6) is 0 Å². The molecule has 6 nitrogen and oxygen atoms in total. The van der Waals surface area contributed by atoms with E-state index in [2.05, 4.69) is 10.6 Å². The number of carbonyl (C=O) groups excluding carboxylic acids is 2. The molecule has 0 spiro atoms. The highest BCUT2D eigenvalue weighted by Crippen LogP contribution is 2.12. The molecule has 0 saturated carbocycles. The molecule has 6 heteroatoms. The Morgan fingerprint density at radius 2 is 2.32 bits per heavy atom. The molecule has 2 saturated heterocycles. The average molecular weight is 269 g/mol. The maximum absolute atomic E-state index is 12.4. The Balaban J connectivity index is 1.90. The van der Waals surface area contributed by atoms with Crippen LogP contribution in [0.1, 0.15) is 25.7 Å². The van der Waals surface area contributed by atoms with Gasteiger partial charge in [-0.2, -0.15) is 0 Å². The third-order valence-corrected chi connectivity index (χ3v) is 3.77. The van der Waals surface area contributed by atoms with E-state index in [0.717, 1.165) is 19.4 Å². The molecule has 2 unspecified atom stereocenters. The van der Waals surface area contributed by atoms with E-state index in [1.54, 1.807) is 7.11 Å². The highest BCUT2D eigenvalue weighted by atomic mass is 16.5. The minimum atomic E-state index is -0.342. The number of hydrogen-bond donors (Lipinski definition) is 2. The van der Waals surface area contributed by atoms with Crippen LogP contribution in [0.15, 0.2) is 0 Å². The predicted octanol–water partition coefficient (Wildman–Crippen LogP) is -0.508. The molecule has 2 rings (SSSR count). The smallest absolute Gasteiger partial charge is 0.245 e. The molecule has 19 heavy (non-hydrogen) atoms. The quantitative estimate of drug-likeness (QED) is 0.681. The Kier molecular flexibility index (Phi) is 5.15.